The number of benzene rings is 2. The monoisotopic (exact) mass is 396 g/mol. The summed E-state index contributed by atoms with van der Waals surface area (Å²) in [6, 6.07) is 14.9. The largest absolute Gasteiger partial charge is 0.497 e. The van der Waals surface area contributed by atoms with Crippen LogP contribution in [-0.4, -0.2) is 48.6 Å². The molecule has 0 unspecified atom stereocenters. The summed E-state index contributed by atoms with van der Waals surface area (Å²) >= 11 is 0. The number of rotatable bonds is 8. The van der Waals surface area contributed by atoms with Gasteiger partial charge in [-0.3, -0.25) is 9.59 Å². The number of nitrogens with one attached hydrogen (secondary N) is 1. The molecule has 0 bridgehead atoms. The second kappa shape index (κ2) is 10.1. The third-order valence-corrected chi connectivity index (χ3v) is 5.32. The minimum absolute atomic E-state index is 0.0559. The molecule has 2 amide bonds. The minimum Gasteiger partial charge on any atom is -0.497 e. The first-order chi connectivity index (χ1) is 14.1. The highest BCUT2D eigenvalue weighted by molar-refractivity contribution is 5.94. The van der Waals surface area contributed by atoms with Crippen LogP contribution in [0.15, 0.2) is 48.5 Å². The van der Waals surface area contributed by atoms with E-state index in [1.165, 1.54) is 5.56 Å². The zero-order valence-electron chi connectivity index (χ0n) is 16.8. The maximum absolute atomic E-state index is 12.5. The maximum Gasteiger partial charge on any atom is 0.251 e. The van der Waals surface area contributed by atoms with E-state index in [0.29, 0.717) is 30.2 Å². The number of carbonyl (C=O) groups is 2. The van der Waals surface area contributed by atoms with E-state index in [2.05, 4.69) is 5.32 Å². The number of hydrogen-bond acceptors (Lipinski definition) is 4. The van der Waals surface area contributed by atoms with Crippen LogP contribution in [0.1, 0.15) is 34.3 Å². The lowest BCUT2D eigenvalue weighted by molar-refractivity contribution is -0.130. The zero-order valence-corrected chi connectivity index (χ0v) is 16.8. The van der Waals surface area contributed by atoms with E-state index in [1.807, 2.05) is 29.2 Å². The lowest BCUT2D eigenvalue weighted by atomic mass is 9.98. The number of ether oxygens (including phenoxy) is 1. The Labute approximate surface area is 171 Å². The Morgan fingerprint density at radius 3 is 2.66 bits per heavy atom. The molecule has 6 nitrogen and oxygen atoms in total. The summed E-state index contributed by atoms with van der Waals surface area (Å²) in [5, 5.41) is 11.9. The summed E-state index contributed by atoms with van der Waals surface area (Å²) in [6.45, 7) is 1.89. The highest BCUT2D eigenvalue weighted by Crippen LogP contribution is 2.22. The summed E-state index contributed by atoms with van der Waals surface area (Å²) in [6.07, 6.45) is 2.22. The molecule has 2 N–H and O–H groups in total. The smallest absolute Gasteiger partial charge is 0.251 e. The first-order valence-corrected chi connectivity index (χ1v) is 9.97. The molecule has 3 rings (SSSR count). The normalized spacial score (nSPS) is 15.9. The average molecular weight is 396 g/mol. The van der Waals surface area contributed by atoms with Crippen LogP contribution >= 0.6 is 0 Å². The van der Waals surface area contributed by atoms with Crippen LogP contribution in [0.5, 0.6) is 5.75 Å². The number of likely N-dealkylation sites (tertiary alicyclic amines) is 1. The number of carbonyl (C=O) groups excluding carboxylic acids is 2. The molecule has 154 valence electrons. The molecule has 6 heteroatoms. The first kappa shape index (κ1) is 20.9. The van der Waals surface area contributed by atoms with Crippen molar-refractivity contribution >= 4 is 11.8 Å². The average Bonchev–Trinajstić information content (AvgIpc) is 3.22. The van der Waals surface area contributed by atoms with Crippen LogP contribution in [0, 0.1) is 5.92 Å². The van der Waals surface area contributed by atoms with Gasteiger partial charge in [0.25, 0.3) is 5.91 Å². The van der Waals surface area contributed by atoms with Crippen LogP contribution in [-0.2, 0) is 17.8 Å². The third kappa shape index (κ3) is 5.81. The number of hydrogen-bond donors (Lipinski definition) is 2. The van der Waals surface area contributed by atoms with E-state index >= 15 is 0 Å². The Bertz CT molecular complexity index is 835. The molecule has 1 atom stereocenters. The van der Waals surface area contributed by atoms with Crippen molar-refractivity contribution in [1.82, 2.24) is 10.2 Å². The first-order valence-electron chi connectivity index (χ1n) is 9.97. The van der Waals surface area contributed by atoms with Gasteiger partial charge in [-0.1, -0.05) is 30.3 Å². The van der Waals surface area contributed by atoms with Crippen molar-refractivity contribution in [2.24, 2.45) is 5.92 Å². The van der Waals surface area contributed by atoms with Crippen LogP contribution in [0.4, 0.5) is 0 Å². The van der Waals surface area contributed by atoms with Crippen LogP contribution in [0.25, 0.3) is 0 Å². The van der Waals surface area contributed by atoms with Crippen molar-refractivity contribution < 1.29 is 19.4 Å². The topological polar surface area (TPSA) is 78.9 Å². The Balaban J connectivity index is 1.41. The number of methoxy groups -OCH3 is 1. The molecule has 1 heterocycles. The molecule has 0 spiro atoms. The van der Waals surface area contributed by atoms with Crippen molar-refractivity contribution in [2.75, 3.05) is 26.7 Å². The number of aliphatic hydroxyl groups is 1. The Morgan fingerprint density at radius 2 is 1.93 bits per heavy atom. The van der Waals surface area contributed by atoms with E-state index in [9.17, 15) is 9.59 Å². The SMILES string of the molecule is COc1cccc(C(=O)NCCC(=O)N2CC[C@H](Cc3ccc(CO)cc3)C2)c1. The van der Waals surface area contributed by atoms with Crippen LogP contribution in [0.3, 0.4) is 0 Å². The number of amides is 2. The summed E-state index contributed by atoms with van der Waals surface area (Å²) < 4.78 is 5.13. The van der Waals surface area contributed by atoms with Crippen LogP contribution < -0.4 is 10.1 Å². The van der Waals surface area contributed by atoms with Gasteiger partial charge in [0.1, 0.15) is 5.75 Å². The summed E-state index contributed by atoms with van der Waals surface area (Å²) in [7, 11) is 1.56. The maximum atomic E-state index is 12.5. The number of nitrogens with zero attached hydrogens (tertiary/aromatic N) is 1. The van der Waals surface area contributed by atoms with Crippen LogP contribution in [0.2, 0.25) is 0 Å². The molecule has 1 aliphatic rings. The molecular weight excluding hydrogens is 368 g/mol. The second-order valence-electron chi connectivity index (χ2n) is 7.41. The molecule has 0 saturated carbocycles. The van der Waals surface area contributed by atoms with E-state index in [-0.39, 0.29) is 18.4 Å². The molecule has 2 aromatic rings. The van der Waals surface area contributed by atoms with E-state index in [0.717, 1.165) is 31.5 Å². The van der Waals surface area contributed by atoms with Crippen molar-refractivity contribution in [3.63, 3.8) is 0 Å². The second-order valence-corrected chi connectivity index (χ2v) is 7.41. The zero-order chi connectivity index (χ0) is 20.6. The molecule has 1 saturated heterocycles. The van der Waals surface area contributed by atoms with Crippen molar-refractivity contribution in [1.29, 1.82) is 0 Å². The third-order valence-electron chi connectivity index (χ3n) is 5.32. The molecule has 29 heavy (non-hydrogen) atoms. The predicted octanol–water partition coefficient (Wildman–Crippen LogP) is 2.40. The van der Waals surface area contributed by atoms with Gasteiger partial charge in [0.2, 0.25) is 5.91 Å². The van der Waals surface area contributed by atoms with Gasteiger partial charge in [0.05, 0.1) is 13.7 Å². The lowest BCUT2D eigenvalue weighted by Gasteiger charge is -2.17. The van der Waals surface area contributed by atoms with Crippen molar-refractivity contribution in [2.45, 2.75) is 25.9 Å². The lowest BCUT2D eigenvalue weighted by Crippen LogP contribution is -2.33. The van der Waals surface area contributed by atoms with E-state index < -0.39 is 0 Å². The van der Waals surface area contributed by atoms with Gasteiger partial charge in [0, 0.05) is 31.6 Å². The molecule has 2 aromatic carbocycles. The summed E-state index contributed by atoms with van der Waals surface area (Å²) in [4.78, 5) is 26.6. The fourth-order valence-corrected chi connectivity index (χ4v) is 3.65. The van der Waals surface area contributed by atoms with Gasteiger partial charge in [-0.05, 0) is 48.1 Å². The Kier molecular flexibility index (Phi) is 7.25. The molecule has 0 aromatic heterocycles. The van der Waals surface area contributed by atoms with Gasteiger partial charge in [-0.25, -0.2) is 0 Å². The van der Waals surface area contributed by atoms with Gasteiger partial charge >= 0.3 is 0 Å². The van der Waals surface area contributed by atoms with Gasteiger partial charge < -0.3 is 20.1 Å². The van der Waals surface area contributed by atoms with Crippen molar-refractivity contribution in [3.8, 4) is 5.75 Å². The highest BCUT2D eigenvalue weighted by atomic mass is 16.5. The fraction of sp³-hybridized carbons (Fsp3) is 0.391. The Morgan fingerprint density at radius 1 is 1.17 bits per heavy atom. The molecular formula is C23H28N2O4. The van der Waals surface area contributed by atoms with E-state index in [1.54, 1.807) is 31.4 Å². The standard InChI is InChI=1S/C23H28N2O4/c1-29-21-4-2-3-20(14-21)23(28)24-11-9-22(27)25-12-10-19(15-25)13-17-5-7-18(16-26)8-6-17/h2-8,14,19,26H,9-13,15-16H2,1H3,(H,24,28)/t19-/m1/s1. The quantitative estimate of drug-likeness (QED) is 0.718. The van der Waals surface area contributed by atoms with Gasteiger partial charge in [-0.15, -0.1) is 0 Å². The molecule has 1 aliphatic heterocycles. The fourth-order valence-electron chi connectivity index (χ4n) is 3.65. The van der Waals surface area contributed by atoms with Gasteiger partial charge in [-0.2, -0.15) is 0 Å². The summed E-state index contributed by atoms with van der Waals surface area (Å²) in [5.41, 5.74) is 2.66. The minimum atomic E-state index is -0.206. The highest BCUT2D eigenvalue weighted by Gasteiger charge is 2.26. The molecule has 1 fully saturated rings. The Hall–Kier alpha value is -2.86. The molecule has 0 aliphatic carbocycles. The van der Waals surface area contributed by atoms with Gasteiger partial charge in [0.15, 0.2) is 0 Å². The summed E-state index contributed by atoms with van der Waals surface area (Å²) in [5.74, 6) is 0.949. The predicted molar refractivity (Wildman–Crippen MR) is 111 cm³/mol. The van der Waals surface area contributed by atoms with E-state index in [4.69, 9.17) is 9.84 Å². The number of aliphatic hydroxyl groups excluding tert-OH is 1. The molecule has 0 radical (unpaired) electrons. The van der Waals surface area contributed by atoms with Crippen molar-refractivity contribution in [3.05, 3.63) is 65.2 Å².